The number of hydrogen-bond donors (Lipinski definition) is 1. The number of halogens is 3. The summed E-state index contributed by atoms with van der Waals surface area (Å²) in [6.45, 7) is 5.28. The van der Waals surface area contributed by atoms with E-state index in [9.17, 15) is 0 Å². The van der Waals surface area contributed by atoms with Crippen molar-refractivity contribution in [1.82, 2.24) is 9.55 Å². The van der Waals surface area contributed by atoms with Crippen LogP contribution in [0.4, 0.5) is 17.3 Å². The molecule has 148 valence electrons. The Hall–Kier alpha value is -1.62. The molecule has 0 saturated heterocycles. The number of anilines is 3. The molecule has 0 amide bonds. The minimum absolute atomic E-state index is 0.103. The molecule has 0 bridgehead atoms. The van der Waals surface area contributed by atoms with Crippen molar-refractivity contribution in [3.8, 4) is 0 Å². The zero-order chi connectivity index (χ0) is 20.1. The highest BCUT2D eigenvalue weighted by Gasteiger charge is 2.40. The molecule has 0 atom stereocenters. The van der Waals surface area contributed by atoms with Crippen molar-refractivity contribution in [2.24, 2.45) is 0 Å². The average molecular weight is 438 g/mol. The van der Waals surface area contributed by atoms with E-state index in [1.807, 2.05) is 18.2 Å². The lowest BCUT2D eigenvalue weighted by Crippen LogP contribution is -2.45. The van der Waals surface area contributed by atoms with Crippen molar-refractivity contribution >= 4 is 63.2 Å². The highest BCUT2D eigenvalue weighted by atomic mass is 35.5. The predicted octanol–water partition coefficient (Wildman–Crippen LogP) is 7.07. The van der Waals surface area contributed by atoms with E-state index in [1.54, 1.807) is 12.1 Å². The van der Waals surface area contributed by atoms with Crippen molar-refractivity contribution in [1.29, 1.82) is 0 Å². The molecule has 2 N–H and O–H groups in total. The molecule has 4 rings (SSSR count). The van der Waals surface area contributed by atoms with Crippen LogP contribution in [0.3, 0.4) is 0 Å². The first-order valence-corrected chi connectivity index (χ1v) is 10.7. The molecular weight excluding hydrogens is 415 g/mol. The van der Waals surface area contributed by atoms with E-state index in [-0.39, 0.29) is 5.54 Å². The number of aryl methyl sites for hydroxylation is 1. The summed E-state index contributed by atoms with van der Waals surface area (Å²) in [5.74, 6) is 0.834. The van der Waals surface area contributed by atoms with E-state index in [0.29, 0.717) is 20.8 Å². The van der Waals surface area contributed by atoms with Gasteiger partial charge in [0, 0.05) is 17.1 Å². The third-order valence-corrected chi connectivity index (χ3v) is 6.86. The maximum absolute atomic E-state index is 6.67. The average Bonchev–Trinajstić information content (AvgIpc) is 2.98. The topological polar surface area (TPSA) is 47.1 Å². The van der Waals surface area contributed by atoms with Gasteiger partial charge in [-0.15, -0.1) is 0 Å². The highest BCUT2D eigenvalue weighted by molar-refractivity contribution is 6.37. The second-order valence-corrected chi connectivity index (χ2v) is 8.61. The minimum atomic E-state index is -0.103. The summed E-state index contributed by atoms with van der Waals surface area (Å²) in [4.78, 5) is 7.26. The number of hydrogen-bond acceptors (Lipinski definition) is 3. The number of fused-ring (bicyclic) bond motifs is 3. The van der Waals surface area contributed by atoms with Crippen LogP contribution in [0.25, 0.3) is 11.0 Å². The van der Waals surface area contributed by atoms with Gasteiger partial charge in [-0.05, 0) is 56.0 Å². The predicted molar refractivity (Wildman–Crippen MR) is 120 cm³/mol. The zero-order valence-electron chi connectivity index (χ0n) is 16.0. The molecule has 28 heavy (non-hydrogen) atoms. The van der Waals surface area contributed by atoms with Crippen molar-refractivity contribution in [2.45, 2.75) is 51.6 Å². The monoisotopic (exact) mass is 436 g/mol. The Labute approximate surface area is 180 Å². The van der Waals surface area contributed by atoms with Crippen LogP contribution in [-0.2, 0) is 6.54 Å². The molecular formula is C21H23Cl3N4. The van der Waals surface area contributed by atoms with Crippen LogP contribution in [0.1, 0.15) is 39.5 Å². The second-order valence-electron chi connectivity index (χ2n) is 7.36. The van der Waals surface area contributed by atoms with Gasteiger partial charge in [-0.2, -0.15) is 0 Å². The number of aromatic nitrogens is 2. The van der Waals surface area contributed by atoms with Gasteiger partial charge in [0.1, 0.15) is 5.52 Å². The van der Waals surface area contributed by atoms with E-state index in [1.165, 1.54) is 0 Å². The number of rotatable bonds is 3. The fourth-order valence-corrected chi connectivity index (χ4v) is 5.13. The number of nitrogens with two attached hydrogens (primary N) is 1. The van der Waals surface area contributed by atoms with Gasteiger partial charge in [-0.25, -0.2) is 4.98 Å². The Bertz CT molecular complexity index is 1040. The molecule has 7 heteroatoms. The molecule has 0 aliphatic carbocycles. The first-order valence-electron chi connectivity index (χ1n) is 9.61. The molecule has 3 aromatic rings. The van der Waals surface area contributed by atoms with Crippen LogP contribution < -0.4 is 10.6 Å². The molecule has 4 nitrogen and oxygen atoms in total. The van der Waals surface area contributed by atoms with E-state index in [0.717, 1.165) is 54.9 Å². The van der Waals surface area contributed by atoms with Gasteiger partial charge in [0.25, 0.3) is 0 Å². The maximum Gasteiger partial charge on any atom is 0.211 e. The number of benzene rings is 2. The lowest BCUT2D eigenvalue weighted by atomic mass is 9.85. The SMILES string of the molecule is CCC1(CC)CCCn2c(nc3c(Cl)ccc(N)c32)N1c1ccc(Cl)cc1Cl. The standard InChI is InChI=1S/C21H23Cl3N4/c1-3-21(4-2)10-5-11-27-19-16(25)8-7-14(23)18(19)26-20(27)28(21)17-9-6-13(22)12-15(17)24/h6-9,12H,3-5,10-11,25H2,1-2H3. The second kappa shape index (κ2) is 7.33. The number of nitrogen functional groups attached to an aromatic ring is 1. The molecule has 2 heterocycles. The third-order valence-electron chi connectivity index (χ3n) is 6.02. The van der Waals surface area contributed by atoms with Crippen molar-refractivity contribution in [3.05, 3.63) is 45.4 Å². The Kier molecular flexibility index (Phi) is 5.15. The highest BCUT2D eigenvalue weighted by Crippen LogP contribution is 2.47. The van der Waals surface area contributed by atoms with Gasteiger partial charge in [0.2, 0.25) is 5.95 Å². The van der Waals surface area contributed by atoms with Crippen LogP contribution in [0.5, 0.6) is 0 Å². The fraction of sp³-hybridized carbons (Fsp3) is 0.381. The van der Waals surface area contributed by atoms with Gasteiger partial charge in [0.15, 0.2) is 0 Å². The molecule has 1 aliphatic heterocycles. The quantitative estimate of drug-likeness (QED) is 0.446. The van der Waals surface area contributed by atoms with Crippen LogP contribution in [0.15, 0.2) is 30.3 Å². The van der Waals surface area contributed by atoms with Crippen molar-refractivity contribution in [3.63, 3.8) is 0 Å². The first kappa shape index (κ1) is 19.7. The van der Waals surface area contributed by atoms with Gasteiger partial charge in [0.05, 0.1) is 26.9 Å². The van der Waals surface area contributed by atoms with Crippen molar-refractivity contribution < 1.29 is 0 Å². The van der Waals surface area contributed by atoms with Gasteiger partial charge >= 0.3 is 0 Å². The van der Waals surface area contributed by atoms with E-state index in [4.69, 9.17) is 45.5 Å². The molecule has 2 aromatic carbocycles. The summed E-state index contributed by atoms with van der Waals surface area (Å²) in [6, 6.07) is 9.28. The van der Waals surface area contributed by atoms with Crippen LogP contribution in [-0.4, -0.2) is 15.1 Å². The molecule has 0 saturated carbocycles. The lowest BCUT2D eigenvalue weighted by Gasteiger charge is -2.43. The van der Waals surface area contributed by atoms with Gasteiger partial charge < -0.3 is 15.2 Å². The van der Waals surface area contributed by atoms with Gasteiger partial charge in [-0.1, -0.05) is 48.7 Å². The van der Waals surface area contributed by atoms with Crippen molar-refractivity contribution in [2.75, 3.05) is 10.6 Å². The Morgan fingerprint density at radius 1 is 1.07 bits per heavy atom. The fourth-order valence-electron chi connectivity index (χ4n) is 4.44. The summed E-state index contributed by atoms with van der Waals surface area (Å²) in [5.41, 5.74) is 9.43. The van der Waals surface area contributed by atoms with E-state index in [2.05, 4.69) is 23.3 Å². The molecule has 0 radical (unpaired) electrons. The summed E-state index contributed by atoms with van der Waals surface area (Å²) < 4.78 is 2.19. The Morgan fingerprint density at radius 2 is 1.82 bits per heavy atom. The number of imidazole rings is 1. The Balaban J connectivity index is 2.07. The molecule has 0 fully saturated rings. The summed E-state index contributed by atoms with van der Waals surface area (Å²) in [5, 5.41) is 1.83. The summed E-state index contributed by atoms with van der Waals surface area (Å²) in [7, 11) is 0. The van der Waals surface area contributed by atoms with E-state index >= 15 is 0 Å². The minimum Gasteiger partial charge on any atom is -0.397 e. The third kappa shape index (κ3) is 2.94. The van der Waals surface area contributed by atoms with E-state index < -0.39 is 0 Å². The molecule has 0 unspecified atom stereocenters. The summed E-state index contributed by atoms with van der Waals surface area (Å²) in [6.07, 6.45) is 3.99. The number of nitrogens with zero attached hydrogens (tertiary/aromatic N) is 3. The first-order chi connectivity index (χ1) is 13.4. The molecule has 1 aliphatic rings. The normalized spacial score (nSPS) is 16.2. The smallest absolute Gasteiger partial charge is 0.211 e. The lowest BCUT2D eigenvalue weighted by molar-refractivity contribution is 0.356. The zero-order valence-corrected chi connectivity index (χ0v) is 18.2. The van der Waals surface area contributed by atoms with Crippen LogP contribution in [0.2, 0.25) is 15.1 Å². The Morgan fingerprint density at radius 3 is 2.50 bits per heavy atom. The molecule has 1 aromatic heterocycles. The molecule has 0 spiro atoms. The van der Waals surface area contributed by atoms with Gasteiger partial charge in [-0.3, -0.25) is 0 Å². The maximum atomic E-state index is 6.67. The summed E-state index contributed by atoms with van der Waals surface area (Å²) >= 11 is 19.3. The van der Waals surface area contributed by atoms with Crippen LogP contribution in [0, 0.1) is 0 Å². The largest absolute Gasteiger partial charge is 0.397 e. The van der Waals surface area contributed by atoms with Crippen LogP contribution >= 0.6 is 34.8 Å².